The molecule has 0 bridgehead atoms. The number of halogens is 4. The first kappa shape index (κ1) is 22.6. The number of likely N-dealkylation sites (tertiary alicyclic amines) is 1. The Morgan fingerprint density at radius 1 is 0.794 bits per heavy atom. The van der Waals surface area contributed by atoms with E-state index in [9.17, 15) is 13.6 Å². The lowest BCUT2D eigenvalue weighted by atomic mass is 9.94. The molecule has 4 nitrogen and oxygen atoms in total. The molecule has 5 rings (SSSR count). The van der Waals surface area contributed by atoms with Crippen LogP contribution in [0, 0.1) is 11.6 Å². The number of piperidine rings is 1. The van der Waals surface area contributed by atoms with E-state index in [0.717, 1.165) is 0 Å². The molecule has 1 fully saturated rings. The van der Waals surface area contributed by atoms with Gasteiger partial charge in [-0.2, -0.15) is 0 Å². The lowest BCUT2D eigenvalue weighted by molar-refractivity contribution is -0.113. The second-order valence-electron chi connectivity index (χ2n) is 8.25. The van der Waals surface area contributed by atoms with Crippen LogP contribution in [-0.2, 0) is 4.79 Å². The van der Waals surface area contributed by atoms with Crippen molar-refractivity contribution in [1.82, 2.24) is 14.9 Å². The average molecular weight is 496 g/mol. The lowest BCUT2D eigenvalue weighted by Crippen LogP contribution is -2.34. The molecule has 1 aliphatic rings. The van der Waals surface area contributed by atoms with Gasteiger partial charge in [-0.1, -0.05) is 23.2 Å². The SMILES string of the molecule is CN1C/C(=C\c2cc3cc(F)ccc3nc2Cl)C(=O)/C(=C/c2cc3cc(F)ccc3nc2Cl)C1. The number of aromatic nitrogens is 2. The molecule has 0 atom stereocenters. The van der Waals surface area contributed by atoms with Gasteiger partial charge < -0.3 is 0 Å². The summed E-state index contributed by atoms with van der Waals surface area (Å²) < 4.78 is 27.3. The Kier molecular flexibility index (Phi) is 5.90. The number of carbonyl (C=O) groups is 1. The van der Waals surface area contributed by atoms with Crippen molar-refractivity contribution in [3.8, 4) is 0 Å². The van der Waals surface area contributed by atoms with E-state index in [1.807, 2.05) is 11.9 Å². The summed E-state index contributed by atoms with van der Waals surface area (Å²) in [6.45, 7) is 0.811. The Hall–Kier alpha value is -3.19. The molecule has 3 heterocycles. The van der Waals surface area contributed by atoms with Crippen molar-refractivity contribution in [3.05, 3.63) is 92.7 Å². The van der Waals surface area contributed by atoms with Crippen LogP contribution in [0.5, 0.6) is 0 Å². The van der Waals surface area contributed by atoms with E-state index in [1.165, 1.54) is 24.3 Å². The molecule has 4 aromatic rings. The number of carbonyl (C=O) groups excluding carboxylic acids is 1. The highest BCUT2D eigenvalue weighted by Gasteiger charge is 2.25. The summed E-state index contributed by atoms with van der Waals surface area (Å²) in [5, 5.41) is 1.62. The maximum atomic E-state index is 13.7. The molecule has 0 aliphatic carbocycles. The molecule has 0 unspecified atom stereocenters. The summed E-state index contributed by atoms with van der Waals surface area (Å²) in [5.74, 6) is -0.923. The van der Waals surface area contributed by atoms with Crippen molar-refractivity contribution in [2.24, 2.45) is 0 Å². The number of hydrogen-bond donors (Lipinski definition) is 0. The zero-order valence-electron chi connectivity index (χ0n) is 17.9. The second kappa shape index (κ2) is 8.87. The van der Waals surface area contributed by atoms with E-state index in [2.05, 4.69) is 9.97 Å². The number of benzene rings is 2. The van der Waals surface area contributed by atoms with Crippen molar-refractivity contribution >= 4 is 62.9 Å². The van der Waals surface area contributed by atoms with Crippen LogP contribution in [-0.4, -0.2) is 40.8 Å². The van der Waals surface area contributed by atoms with Crippen LogP contribution in [0.15, 0.2) is 59.7 Å². The number of pyridine rings is 2. The number of hydrogen-bond acceptors (Lipinski definition) is 4. The highest BCUT2D eigenvalue weighted by molar-refractivity contribution is 6.32. The number of Topliss-reactive ketones (excluding diaryl/α,β-unsaturated/α-hetero) is 1. The minimum atomic E-state index is -0.380. The minimum absolute atomic E-state index is 0.163. The van der Waals surface area contributed by atoms with E-state index in [0.29, 0.717) is 57.2 Å². The number of fused-ring (bicyclic) bond motifs is 2. The fraction of sp³-hybridized carbons (Fsp3) is 0.115. The third-order valence-electron chi connectivity index (χ3n) is 5.64. The van der Waals surface area contributed by atoms with Crippen molar-refractivity contribution in [2.45, 2.75) is 0 Å². The van der Waals surface area contributed by atoms with E-state index < -0.39 is 0 Å². The van der Waals surface area contributed by atoms with Gasteiger partial charge >= 0.3 is 0 Å². The van der Waals surface area contributed by atoms with Gasteiger partial charge in [-0.3, -0.25) is 9.69 Å². The van der Waals surface area contributed by atoms with E-state index in [1.54, 1.807) is 36.4 Å². The van der Waals surface area contributed by atoms with Crippen LogP contribution in [0.25, 0.3) is 34.0 Å². The van der Waals surface area contributed by atoms with Gasteiger partial charge in [-0.25, -0.2) is 18.7 Å². The first-order chi connectivity index (χ1) is 16.3. The van der Waals surface area contributed by atoms with Gasteiger partial charge in [0.05, 0.1) is 11.0 Å². The lowest BCUT2D eigenvalue weighted by Gasteiger charge is -2.26. The molecule has 0 spiro atoms. The zero-order valence-corrected chi connectivity index (χ0v) is 19.5. The third-order valence-corrected chi connectivity index (χ3v) is 6.24. The molecule has 0 radical (unpaired) electrons. The predicted molar refractivity (Wildman–Crippen MR) is 132 cm³/mol. The average Bonchev–Trinajstić information content (AvgIpc) is 2.78. The first-order valence-corrected chi connectivity index (χ1v) is 11.2. The first-order valence-electron chi connectivity index (χ1n) is 10.4. The summed E-state index contributed by atoms with van der Waals surface area (Å²) in [6.07, 6.45) is 3.36. The van der Waals surface area contributed by atoms with Crippen molar-refractivity contribution in [3.63, 3.8) is 0 Å². The summed E-state index contributed by atoms with van der Waals surface area (Å²) in [7, 11) is 1.89. The van der Waals surface area contributed by atoms with Gasteiger partial charge in [0.2, 0.25) is 0 Å². The summed E-state index contributed by atoms with van der Waals surface area (Å²) >= 11 is 12.7. The van der Waals surface area contributed by atoms with Crippen LogP contribution < -0.4 is 0 Å². The monoisotopic (exact) mass is 495 g/mol. The van der Waals surface area contributed by atoms with Crippen LogP contribution in [0.4, 0.5) is 8.78 Å². The predicted octanol–water partition coefficient (Wildman–Crippen LogP) is 6.35. The fourth-order valence-corrected chi connectivity index (χ4v) is 4.47. The molecule has 2 aromatic heterocycles. The molecule has 0 saturated carbocycles. The molecular weight excluding hydrogens is 479 g/mol. The number of ketones is 1. The standard InChI is InChI=1S/C26H17Cl2F2N3O/c1-33-12-18(8-16-6-14-10-20(29)2-4-22(14)31-25(16)27)24(34)19(13-33)9-17-7-15-11-21(30)3-5-23(15)32-26(17)28/h2-11H,12-13H2,1H3/b18-8+,19-9+. The normalized spacial score (nSPS) is 17.4. The van der Waals surface area contributed by atoms with Crippen LogP contribution in [0.3, 0.4) is 0 Å². The molecule has 170 valence electrons. The van der Waals surface area contributed by atoms with Gasteiger partial charge in [-0.05, 0) is 67.7 Å². The van der Waals surface area contributed by atoms with E-state index >= 15 is 0 Å². The number of nitrogens with zero attached hydrogens (tertiary/aromatic N) is 3. The summed E-state index contributed by atoms with van der Waals surface area (Å²) in [6, 6.07) is 11.9. The topological polar surface area (TPSA) is 46.1 Å². The smallest absolute Gasteiger partial charge is 0.187 e. The Balaban J connectivity index is 1.55. The van der Waals surface area contributed by atoms with Crippen molar-refractivity contribution in [2.75, 3.05) is 20.1 Å². The zero-order chi connectivity index (χ0) is 24.0. The Labute approximate surface area is 204 Å². The summed E-state index contributed by atoms with van der Waals surface area (Å²) in [4.78, 5) is 23.9. The molecule has 34 heavy (non-hydrogen) atoms. The van der Waals surface area contributed by atoms with E-state index in [-0.39, 0.29) is 27.7 Å². The Morgan fingerprint density at radius 3 is 1.68 bits per heavy atom. The molecule has 0 amide bonds. The maximum absolute atomic E-state index is 13.7. The van der Waals surface area contributed by atoms with E-state index in [4.69, 9.17) is 23.2 Å². The molecule has 8 heteroatoms. The van der Waals surface area contributed by atoms with Gasteiger partial charge in [-0.15, -0.1) is 0 Å². The molecule has 0 N–H and O–H groups in total. The minimum Gasteiger partial charge on any atom is -0.298 e. The highest BCUT2D eigenvalue weighted by Crippen LogP contribution is 2.28. The van der Waals surface area contributed by atoms with Crippen LogP contribution in [0.2, 0.25) is 10.3 Å². The molecule has 1 saturated heterocycles. The summed E-state index contributed by atoms with van der Waals surface area (Å²) in [5.41, 5.74) is 3.20. The third kappa shape index (κ3) is 4.44. The maximum Gasteiger partial charge on any atom is 0.187 e. The fourth-order valence-electron chi connectivity index (χ4n) is 4.07. The quantitative estimate of drug-likeness (QED) is 0.240. The number of rotatable bonds is 2. The second-order valence-corrected chi connectivity index (χ2v) is 8.97. The van der Waals surface area contributed by atoms with Gasteiger partial charge in [0.25, 0.3) is 0 Å². The largest absolute Gasteiger partial charge is 0.298 e. The van der Waals surface area contributed by atoms with Crippen molar-refractivity contribution in [1.29, 1.82) is 0 Å². The van der Waals surface area contributed by atoms with Crippen LogP contribution in [0.1, 0.15) is 11.1 Å². The van der Waals surface area contributed by atoms with Crippen molar-refractivity contribution < 1.29 is 13.6 Å². The molecule has 2 aromatic carbocycles. The van der Waals surface area contributed by atoms with Gasteiger partial charge in [0, 0.05) is 46.1 Å². The molecule has 1 aliphatic heterocycles. The van der Waals surface area contributed by atoms with Gasteiger partial charge in [0.1, 0.15) is 21.9 Å². The molecular formula is C26H17Cl2F2N3O. The number of likely N-dealkylation sites (N-methyl/N-ethyl adjacent to an activating group) is 1. The Morgan fingerprint density at radius 2 is 1.24 bits per heavy atom. The van der Waals surface area contributed by atoms with Crippen LogP contribution >= 0.6 is 23.2 Å². The van der Waals surface area contributed by atoms with Gasteiger partial charge in [0.15, 0.2) is 5.78 Å². The Bertz CT molecular complexity index is 1440. The highest BCUT2D eigenvalue weighted by atomic mass is 35.5.